The molecule has 66 valence electrons. The molecule has 1 aliphatic carbocycles. The molecule has 0 heterocycles. The third-order valence-corrected chi connectivity index (χ3v) is 2.19. The summed E-state index contributed by atoms with van der Waals surface area (Å²) in [4.78, 5) is 10.9. The summed E-state index contributed by atoms with van der Waals surface area (Å²) in [5.41, 5.74) is 1.33. The van der Waals surface area contributed by atoms with Crippen LogP contribution in [0.3, 0.4) is 0 Å². The van der Waals surface area contributed by atoms with Crippen LogP contribution in [0.15, 0.2) is 36.4 Å². The molecule has 0 radical (unpaired) electrons. The molecule has 0 amide bonds. The highest BCUT2D eigenvalue weighted by atomic mass is 19.1. The number of alkyl halides is 1. The molecule has 0 aromatic heterocycles. The molecule has 1 aromatic carbocycles. The van der Waals surface area contributed by atoms with Gasteiger partial charge in [0.2, 0.25) is 0 Å². The summed E-state index contributed by atoms with van der Waals surface area (Å²) in [5, 5.41) is 0. The molecular formula is C11H9FO. The second-order valence-corrected chi connectivity index (χ2v) is 3.06. The fraction of sp³-hybridized carbons (Fsp3) is 0.182. The summed E-state index contributed by atoms with van der Waals surface area (Å²) in [6.45, 7) is 0. The van der Waals surface area contributed by atoms with Gasteiger partial charge in [-0.1, -0.05) is 36.4 Å². The van der Waals surface area contributed by atoms with E-state index < -0.39 is 6.17 Å². The zero-order valence-electron chi connectivity index (χ0n) is 7.03. The van der Waals surface area contributed by atoms with Gasteiger partial charge in [0.15, 0.2) is 12.0 Å². The van der Waals surface area contributed by atoms with E-state index >= 15 is 0 Å². The van der Waals surface area contributed by atoms with Crippen molar-refractivity contribution in [3.8, 4) is 0 Å². The van der Waals surface area contributed by atoms with E-state index in [-0.39, 0.29) is 12.2 Å². The van der Waals surface area contributed by atoms with Gasteiger partial charge in [0.25, 0.3) is 0 Å². The van der Waals surface area contributed by atoms with Crippen LogP contribution >= 0.6 is 0 Å². The van der Waals surface area contributed by atoms with Crippen LogP contribution in [-0.4, -0.2) is 12.0 Å². The van der Waals surface area contributed by atoms with E-state index in [1.807, 2.05) is 30.3 Å². The molecule has 0 N–H and O–H groups in total. The lowest BCUT2D eigenvalue weighted by Crippen LogP contribution is -2.09. The highest BCUT2D eigenvalue weighted by Gasteiger charge is 2.27. The van der Waals surface area contributed by atoms with Crippen molar-refractivity contribution in [2.24, 2.45) is 0 Å². The molecule has 1 unspecified atom stereocenters. The van der Waals surface area contributed by atoms with Crippen molar-refractivity contribution >= 4 is 11.4 Å². The fourth-order valence-electron chi connectivity index (χ4n) is 1.49. The number of ketones is 1. The molecule has 0 bridgehead atoms. The minimum absolute atomic E-state index is 0.228. The Hall–Kier alpha value is -1.44. The quantitative estimate of drug-likeness (QED) is 0.642. The maximum atomic E-state index is 13.2. The zero-order chi connectivity index (χ0) is 9.26. The van der Waals surface area contributed by atoms with Crippen molar-refractivity contribution in [1.29, 1.82) is 0 Å². The van der Waals surface area contributed by atoms with Crippen LogP contribution in [0.4, 0.5) is 4.39 Å². The van der Waals surface area contributed by atoms with Gasteiger partial charge in [0.1, 0.15) is 0 Å². The number of halogens is 1. The number of hydrogen-bond acceptors (Lipinski definition) is 1. The number of rotatable bonds is 1. The van der Waals surface area contributed by atoms with Crippen molar-refractivity contribution in [3.63, 3.8) is 0 Å². The van der Waals surface area contributed by atoms with Gasteiger partial charge in [-0.3, -0.25) is 4.79 Å². The van der Waals surface area contributed by atoms with E-state index in [9.17, 15) is 9.18 Å². The molecule has 0 fully saturated rings. The van der Waals surface area contributed by atoms with Gasteiger partial charge in [-0.25, -0.2) is 4.39 Å². The first-order valence-corrected chi connectivity index (χ1v) is 4.21. The van der Waals surface area contributed by atoms with E-state index in [1.165, 1.54) is 0 Å². The number of hydrogen-bond donors (Lipinski definition) is 0. The molecule has 0 aliphatic heterocycles. The number of Topliss-reactive ketones (excluding diaryl/α,β-unsaturated/α-hetero) is 1. The highest BCUT2D eigenvalue weighted by Crippen LogP contribution is 2.27. The van der Waals surface area contributed by atoms with E-state index in [2.05, 4.69) is 0 Å². The van der Waals surface area contributed by atoms with Crippen molar-refractivity contribution < 1.29 is 9.18 Å². The van der Waals surface area contributed by atoms with Crippen LogP contribution in [0.5, 0.6) is 0 Å². The predicted molar refractivity (Wildman–Crippen MR) is 48.9 cm³/mol. The number of benzene rings is 1. The molecule has 0 spiro atoms. The maximum absolute atomic E-state index is 13.2. The molecule has 1 aliphatic rings. The minimum Gasteiger partial charge on any atom is -0.296 e. The van der Waals surface area contributed by atoms with E-state index in [0.29, 0.717) is 5.57 Å². The predicted octanol–water partition coefficient (Wildman–Crippen LogP) is 2.38. The number of carbonyl (C=O) groups excluding carboxylic acids is 1. The number of allylic oxidation sites excluding steroid dienone is 2. The first-order valence-electron chi connectivity index (χ1n) is 4.21. The number of carbonyl (C=O) groups is 1. The molecule has 1 aromatic rings. The molecule has 2 heteroatoms. The van der Waals surface area contributed by atoms with E-state index in [1.54, 1.807) is 6.08 Å². The Bertz CT molecular complexity index is 354. The van der Waals surface area contributed by atoms with E-state index in [4.69, 9.17) is 0 Å². The monoisotopic (exact) mass is 176 g/mol. The Kier molecular flexibility index (Phi) is 1.97. The van der Waals surface area contributed by atoms with Crippen molar-refractivity contribution in [1.82, 2.24) is 0 Å². The highest BCUT2D eigenvalue weighted by molar-refractivity contribution is 6.01. The normalized spacial score (nSPS) is 21.8. The molecule has 13 heavy (non-hydrogen) atoms. The Balaban J connectivity index is 2.34. The first-order chi connectivity index (χ1) is 6.29. The van der Waals surface area contributed by atoms with Crippen molar-refractivity contribution in [2.75, 3.05) is 0 Å². The second kappa shape index (κ2) is 3.13. The summed E-state index contributed by atoms with van der Waals surface area (Å²) in [6, 6.07) is 9.18. The van der Waals surface area contributed by atoms with Crippen molar-refractivity contribution in [3.05, 3.63) is 42.0 Å². The molecule has 1 nitrogen and oxygen atoms in total. The smallest absolute Gasteiger partial charge is 0.184 e. The Labute approximate surface area is 75.9 Å². The van der Waals surface area contributed by atoms with E-state index in [0.717, 1.165) is 5.56 Å². The maximum Gasteiger partial charge on any atom is 0.184 e. The van der Waals surface area contributed by atoms with Crippen LogP contribution in [0.25, 0.3) is 5.57 Å². The van der Waals surface area contributed by atoms with Crippen molar-refractivity contribution in [2.45, 2.75) is 12.6 Å². The topological polar surface area (TPSA) is 17.1 Å². The Morgan fingerprint density at radius 1 is 1.23 bits per heavy atom. The van der Waals surface area contributed by atoms with Gasteiger partial charge in [0, 0.05) is 6.42 Å². The first kappa shape index (κ1) is 8.17. The van der Waals surface area contributed by atoms with Crippen LogP contribution in [0.2, 0.25) is 0 Å². The SMILES string of the molecule is O=C1CC=C(c2ccccc2)C1F. The molecule has 0 saturated carbocycles. The average molecular weight is 176 g/mol. The van der Waals surface area contributed by atoms with Crippen LogP contribution < -0.4 is 0 Å². The van der Waals surface area contributed by atoms with Crippen LogP contribution in [-0.2, 0) is 4.79 Å². The Morgan fingerprint density at radius 2 is 1.92 bits per heavy atom. The summed E-state index contributed by atoms with van der Waals surface area (Å²) in [6.07, 6.45) is 0.482. The average Bonchev–Trinajstić information content (AvgIpc) is 2.49. The molecule has 1 atom stereocenters. The van der Waals surface area contributed by atoms with Gasteiger partial charge in [-0.2, -0.15) is 0 Å². The van der Waals surface area contributed by atoms with Gasteiger partial charge >= 0.3 is 0 Å². The van der Waals surface area contributed by atoms with Gasteiger partial charge in [-0.15, -0.1) is 0 Å². The lowest BCUT2D eigenvalue weighted by atomic mass is 10.0. The fourth-order valence-corrected chi connectivity index (χ4v) is 1.49. The summed E-state index contributed by atoms with van der Waals surface area (Å²) in [7, 11) is 0. The summed E-state index contributed by atoms with van der Waals surface area (Å²) < 4.78 is 13.2. The van der Waals surface area contributed by atoms with Gasteiger partial charge < -0.3 is 0 Å². The molecule has 2 rings (SSSR count). The third-order valence-electron chi connectivity index (χ3n) is 2.19. The summed E-state index contributed by atoms with van der Waals surface area (Å²) in [5.74, 6) is -0.334. The lowest BCUT2D eigenvalue weighted by Gasteiger charge is -2.04. The second-order valence-electron chi connectivity index (χ2n) is 3.06. The summed E-state index contributed by atoms with van der Waals surface area (Å²) >= 11 is 0. The largest absolute Gasteiger partial charge is 0.296 e. The van der Waals surface area contributed by atoms with Crippen LogP contribution in [0.1, 0.15) is 12.0 Å². The van der Waals surface area contributed by atoms with Crippen LogP contribution in [0, 0.1) is 0 Å². The zero-order valence-corrected chi connectivity index (χ0v) is 7.03. The minimum atomic E-state index is -1.41. The third kappa shape index (κ3) is 1.39. The Morgan fingerprint density at radius 3 is 2.46 bits per heavy atom. The molecular weight excluding hydrogens is 167 g/mol. The molecule has 0 saturated heterocycles. The van der Waals surface area contributed by atoms with Gasteiger partial charge in [-0.05, 0) is 11.1 Å². The lowest BCUT2D eigenvalue weighted by molar-refractivity contribution is -0.120. The standard InChI is InChI=1S/C11H9FO/c12-11-9(6-7-10(11)13)8-4-2-1-3-5-8/h1-6,11H,7H2. The van der Waals surface area contributed by atoms with Gasteiger partial charge in [0.05, 0.1) is 0 Å².